The maximum atomic E-state index is 14.0. The van der Waals surface area contributed by atoms with E-state index in [2.05, 4.69) is 0 Å². The van der Waals surface area contributed by atoms with Crippen LogP contribution in [0.25, 0.3) is 17.1 Å². The van der Waals surface area contributed by atoms with E-state index in [4.69, 9.17) is 10.2 Å². The summed E-state index contributed by atoms with van der Waals surface area (Å²) in [5.74, 6) is -9.31. The summed E-state index contributed by atoms with van der Waals surface area (Å²) < 4.78 is 33.3. The minimum absolute atomic E-state index is 0.0144. The molecule has 0 spiro atoms. The number of hydrogen-bond donors (Lipinski definition) is 4. The first-order valence-electron chi connectivity index (χ1n) is 14.5. The Morgan fingerprint density at radius 1 is 1.16 bits per heavy atom. The van der Waals surface area contributed by atoms with Crippen LogP contribution in [0, 0.1) is 23.7 Å². The fourth-order valence-corrected chi connectivity index (χ4v) is 7.81. The highest BCUT2D eigenvalue weighted by Gasteiger charge is 2.59. The molecule has 1 aromatic heterocycles. The Morgan fingerprint density at radius 3 is 2.51 bits per heavy atom. The number of halogens is 2. The molecule has 1 saturated heterocycles. The first kappa shape index (κ1) is 29.5. The lowest BCUT2D eigenvalue weighted by molar-refractivity contribution is -0.157. The SMILES string of the molecule is CN(C)[C@@H]1[C@H](O)C(C(N)=O)C(=O)C2C(=O)C3=C(O)c4c(O)ccc(-c5occc5CN5CCC(F)(F)CC5)c4C[C@H]3C[C@H]21. The van der Waals surface area contributed by atoms with Crippen molar-refractivity contribution in [2.75, 3.05) is 27.2 Å². The predicted molar refractivity (Wildman–Crippen MR) is 150 cm³/mol. The number of alkyl halides is 2. The molecule has 1 amide bonds. The highest BCUT2D eigenvalue weighted by molar-refractivity contribution is 6.19. The number of carbonyl (C=O) groups is 3. The van der Waals surface area contributed by atoms with E-state index in [0.717, 1.165) is 5.56 Å². The fourth-order valence-electron chi connectivity index (χ4n) is 7.81. The Bertz CT molecular complexity index is 1520. The Kier molecular flexibility index (Phi) is 7.22. The lowest BCUT2D eigenvalue weighted by atomic mass is 9.56. The Morgan fingerprint density at radius 2 is 1.86 bits per heavy atom. The normalized spacial score (nSPS) is 30.7. The van der Waals surface area contributed by atoms with Gasteiger partial charge in [0.1, 0.15) is 23.2 Å². The molecule has 230 valence electrons. The first-order valence-corrected chi connectivity index (χ1v) is 14.5. The average molecular weight is 600 g/mol. The largest absolute Gasteiger partial charge is 0.507 e. The minimum atomic E-state index is -2.67. The van der Waals surface area contributed by atoms with E-state index in [1.165, 1.54) is 12.3 Å². The molecule has 0 radical (unpaired) electrons. The van der Waals surface area contributed by atoms with Crippen LogP contribution in [0.2, 0.25) is 0 Å². The zero-order valence-corrected chi connectivity index (χ0v) is 23.9. The van der Waals surface area contributed by atoms with Crippen molar-refractivity contribution in [3.8, 4) is 17.1 Å². The van der Waals surface area contributed by atoms with Gasteiger partial charge in [-0.25, -0.2) is 8.78 Å². The van der Waals surface area contributed by atoms with E-state index in [1.54, 1.807) is 31.1 Å². The summed E-state index contributed by atoms with van der Waals surface area (Å²) in [7, 11) is 3.39. The molecule has 12 heteroatoms. The number of carbonyl (C=O) groups excluding carboxylic acids is 3. The van der Waals surface area contributed by atoms with Crippen LogP contribution >= 0.6 is 0 Å². The molecule has 2 unspecified atom stereocenters. The van der Waals surface area contributed by atoms with Gasteiger partial charge in [0.05, 0.1) is 23.8 Å². The van der Waals surface area contributed by atoms with Gasteiger partial charge in [0, 0.05) is 55.2 Å². The fraction of sp³-hybridized carbons (Fsp3) is 0.516. The van der Waals surface area contributed by atoms with E-state index in [1.807, 2.05) is 4.90 Å². The number of rotatable bonds is 5. The van der Waals surface area contributed by atoms with Crippen molar-refractivity contribution in [3.05, 3.63) is 46.7 Å². The molecule has 5 N–H and O–H groups in total. The molecule has 2 heterocycles. The Labute approximate surface area is 246 Å². The zero-order valence-electron chi connectivity index (χ0n) is 23.9. The molecule has 1 aromatic carbocycles. The van der Waals surface area contributed by atoms with Gasteiger partial charge in [-0.2, -0.15) is 0 Å². The minimum Gasteiger partial charge on any atom is -0.507 e. The number of phenolic OH excluding ortho intramolecular Hbond substituents is 1. The standard InChI is InChI=1S/C31H35F2N3O7/c1-35(2)24-18-12-15-11-17-16(29-14(5-10-43-29)13-36-8-6-31(32,33)7-9-36)3-4-19(37)21(17)25(38)20(15)26(39)22(18)27(40)23(28(24)41)30(34)42/h3-5,10,15,18,22-24,28,37-38,41H,6-9,11-13H2,1-2H3,(H2,34,42)/t15-,18+,22?,23?,24-,28+/m0/s1. The molecule has 6 atom stereocenters. The zero-order chi connectivity index (χ0) is 31.0. The molecule has 6 rings (SSSR count). The van der Waals surface area contributed by atoms with Gasteiger partial charge in [0.2, 0.25) is 5.91 Å². The molecule has 43 heavy (non-hydrogen) atoms. The third-order valence-corrected chi connectivity index (χ3v) is 9.79. The Balaban J connectivity index is 1.40. The van der Waals surface area contributed by atoms with E-state index >= 15 is 0 Å². The van der Waals surface area contributed by atoms with Crippen molar-refractivity contribution < 1.29 is 42.9 Å². The molecule has 3 aliphatic carbocycles. The summed E-state index contributed by atoms with van der Waals surface area (Å²) in [5, 5.41) is 33.4. The van der Waals surface area contributed by atoms with E-state index in [9.17, 15) is 38.5 Å². The second-order valence-corrected chi connectivity index (χ2v) is 12.5. The lowest BCUT2D eigenvalue weighted by Gasteiger charge is -2.50. The van der Waals surface area contributed by atoms with Crippen molar-refractivity contribution in [1.82, 2.24) is 9.80 Å². The predicted octanol–water partition coefficient (Wildman–Crippen LogP) is 2.51. The van der Waals surface area contributed by atoms with E-state index in [-0.39, 0.29) is 55.7 Å². The number of likely N-dealkylation sites (N-methyl/N-ethyl adjacent to an activating group) is 1. The summed E-state index contributed by atoms with van der Waals surface area (Å²) in [4.78, 5) is 43.2. The van der Waals surface area contributed by atoms with Gasteiger partial charge in [-0.1, -0.05) is 0 Å². The smallest absolute Gasteiger partial charge is 0.250 e. The number of fused-ring (bicyclic) bond motifs is 3. The number of benzene rings is 1. The molecule has 3 fully saturated rings. The van der Waals surface area contributed by atoms with Crippen molar-refractivity contribution in [2.24, 2.45) is 29.4 Å². The van der Waals surface area contributed by atoms with Crippen molar-refractivity contribution in [2.45, 2.75) is 50.3 Å². The van der Waals surface area contributed by atoms with Gasteiger partial charge >= 0.3 is 0 Å². The van der Waals surface area contributed by atoms with Crippen LogP contribution in [0.3, 0.4) is 0 Å². The van der Waals surface area contributed by atoms with Gasteiger partial charge in [0.15, 0.2) is 11.6 Å². The summed E-state index contributed by atoms with van der Waals surface area (Å²) in [6.07, 6.45) is 0.150. The molecule has 10 nitrogen and oxygen atoms in total. The number of likely N-dealkylation sites (tertiary alicyclic amines) is 1. The lowest BCUT2D eigenvalue weighted by Crippen LogP contribution is -2.64. The molecule has 2 aromatic rings. The quantitative estimate of drug-likeness (QED) is 0.379. The molecular formula is C31H35F2N3O7. The molecular weight excluding hydrogens is 564 g/mol. The van der Waals surface area contributed by atoms with E-state index < -0.39 is 65.0 Å². The molecule has 1 aliphatic heterocycles. The summed E-state index contributed by atoms with van der Waals surface area (Å²) >= 11 is 0. The molecule has 0 bridgehead atoms. The van der Waals surface area contributed by atoms with Gasteiger partial charge < -0.3 is 30.4 Å². The maximum Gasteiger partial charge on any atom is 0.250 e. The van der Waals surface area contributed by atoms with Crippen LogP contribution in [-0.2, 0) is 27.3 Å². The average Bonchev–Trinajstić information content (AvgIpc) is 3.37. The number of nitrogens with zero attached hydrogens (tertiary/aromatic N) is 2. The van der Waals surface area contributed by atoms with Crippen molar-refractivity contribution in [1.29, 1.82) is 0 Å². The highest BCUT2D eigenvalue weighted by atomic mass is 19.3. The molecule has 4 aliphatic rings. The number of allylic oxidation sites excluding steroid dienone is 1. The maximum absolute atomic E-state index is 14.0. The number of hydrogen-bond acceptors (Lipinski definition) is 9. The summed E-state index contributed by atoms with van der Waals surface area (Å²) in [6.45, 7) is 0.847. The van der Waals surface area contributed by atoms with Gasteiger partial charge in [-0.15, -0.1) is 0 Å². The third-order valence-electron chi connectivity index (χ3n) is 9.79. The van der Waals surface area contributed by atoms with Crippen LogP contribution in [0.5, 0.6) is 5.75 Å². The number of aliphatic hydroxyl groups is 2. The number of amides is 1. The van der Waals surface area contributed by atoms with Crippen LogP contribution < -0.4 is 5.73 Å². The van der Waals surface area contributed by atoms with Crippen molar-refractivity contribution in [3.63, 3.8) is 0 Å². The number of aliphatic hydroxyl groups excluding tert-OH is 2. The monoisotopic (exact) mass is 599 g/mol. The highest BCUT2D eigenvalue weighted by Crippen LogP contribution is 2.52. The van der Waals surface area contributed by atoms with Crippen LogP contribution in [0.15, 0.2) is 34.5 Å². The number of phenols is 1. The summed E-state index contributed by atoms with van der Waals surface area (Å²) in [5.41, 5.74) is 7.46. The number of piperidine rings is 1. The molecule has 2 saturated carbocycles. The second kappa shape index (κ2) is 10.5. The number of ketones is 2. The van der Waals surface area contributed by atoms with Crippen LogP contribution in [-0.4, -0.2) is 87.8 Å². The number of nitrogens with two attached hydrogens (primary N) is 1. The van der Waals surface area contributed by atoms with Gasteiger partial charge in [0.25, 0.3) is 5.92 Å². The van der Waals surface area contributed by atoms with Gasteiger partial charge in [-0.05, 0) is 62.5 Å². The Hall–Kier alpha value is -3.61. The number of furan rings is 1. The second-order valence-electron chi connectivity index (χ2n) is 12.5. The number of primary amides is 1. The van der Waals surface area contributed by atoms with E-state index in [0.29, 0.717) is 23.4 Å². The summed E-state index contributed by atoms with van der Waals surface area (Å²) in [6, 6.07) is 4.11. The number of aromatic hydroxyl groups is 1. The van der Waals surface area contributed by atoms with Crippen LogP contribution in [0.4, 0.5) is 8.78 Å². The first-order chi connectivity index (χ1) is 20.3. The van der Waals surface area contributed by atoms with Crippen molar-refractivity contribution >= 4 is 23.2 Å². The third kappa shape index (κ3) is 4.76. The number of Topliss-reactive ketones (excluding diaryl/α,β-unsaturated/α-hetero) is 2. The topological polar surface area (TPSA) is 158 Å². The van der Waals surface area contributed by atoms with Crippen LogP contribution in [0.1, 0.15) is 36.0 Å². The van der Waals surface area contributed by atoms with Gasteiger partial charge in [-0.3, -0.25) is 19.3 Å².